The molecule has 0 N–H and O–H groups in total. The van der Waals surface area contributed by atoms with Crippen molar-refractivity contribution >= 4 is 11.9 Å². The van der Waals surface area contributed by atoms with E-state index < -0.39 is 6.10 Å². The van der Waals surface area contributed by atoms with Crippen LogP contribution in [0.5, 0.6) is 0 Å². The smallest absolute Gasteiger partial charge is 0.306 e. The molecule has 0 aliphatic rings. The van der Waals surface area contributed by atoms with Crippen LogP contribution in [-0.4, -0.2) is 37.9 Å². The summed E-state index contributed by atoms with van der Waals surface area (Å²) in [6, 6.07) is 0. The molecule has 0 bridgehead atoms. The zero-order valence-electron chi connectivity index (χ0n) is 43.6. The Morgan fingerprint density at radius 2 is 0.609 bits per heavy atom. The first-order chi connectivity index (χ1) is 31.6. The maximum absolute atomic E-state index is 12.8. The van der Waals surface area contributed by atoms with Crippen molar-refractivity contribution in [2.45, 2.75) is 322 Å². The third-order valence-electron chi connectivity index (χ3n) is 13.0. The van der Waals surface area contributed by atoms with Gasteiger partial charge in [-0.2, -0.15) is 0 Å². The second kappa shape index (κ2) is 55.7. The summed E-state index contributed by atoms with van der Waals surface area (Å²) in [4.78, 5) is 25.5. The van der Waals surface area contributed by atoms with E-state index in [-0.39, 0.29) is 25.2 Å². The predicted molar refractivity (Wildman–Crippen MR) is 279 cm³/mol. The van der Waals surface area contributed by atoms with E-state index in [1.807, 2.05) is 0 Å². The van der Waals surface area contributed by atoms with Gasteiger partial charge in [-0.1, -0.05) is 257 Å². The minimum atomic E-state index is -0.538. The van der Waals surface area contributed by atoms with Gasteiger partial charge in [0.1, 0.15) is 6.61 Å². The van der Waals surface area contributed by atoms with Crippen molar-refractivity contribution in [3.8, 4) is 0 Å². The van der Waals surface area contributed by atoms with Crippen LogP contribution in [0.2, 0.25) is 0 Å². The van der Waals surface area contributed by atoms with Crippen molar-refractivity contribution in [3.63, 3.8) is 0 Å². The van der Waals surface area contributed by atoms with Crippen LogP contribution in [0.25, 0.3) is 0 Å². The van der Waals surface area contributed by atoms with Crippen molar-refractivity contribution < 1.29 is 23.8 Å². The monoisotopic (exact) mass is 901 g/mol. The highest BCUT2D eigenvalue weighted by molar-refractivity contribution is 5.70. The molecular weight excluding hydrogens is 789 g/mol. The molecule has 0 rings (SSSR count). The molecule has 1 atom stereocenters. The lowest BCUT2D eigenvalue weighted by molar-refractivity contribution is -0.163. The van der Waals surface area contributed by atoms with E-state index in [1.54, 1.807) is 0 Å². The van der Waals surface area contributed by atoms with Gasteiger partial charge in [-0.15, -0.1) is 0 Å². The number of unbranched alkanes of at least 4 members (excludes halogenated alkanes) is 39. The van der Waals surface area contributed by atoms with Gasteiger partial charge in [0.15, 0.2) is 6.10 Å². The summed E-state index contributed by atoms with van der Waals surface area (Å²) in [5, 5.41) is 0. The van der Waals surface area contributed by atoms with Crippen molar-refractivity contribution in [1.29, 1.82) is 0 Å². The molecule has 378 valence electrons. The molecule has 0 aliphatic heterocycles. The summed E-state index contributed by atoms with van der Waals surface area (Å²) >= 11 is 0. The number of rotatable bonds is 54. The first kappa shape index (κ1) is 62.4. The van der Waals surface area contributed by atoms with Crippen LogP contribution in [0.4, 0.5) is 0 Å². The SMILES string of the molecule is CCCCCC/C=C\CCCCCCCCOCC(COC(=O)CCCCCCCCCCCCCCCCCCCCC)OC(=O)CCCCCCC/C=C\CCCCCCCC. The molecule has 1 unspecified atom stereocenters. The highest BCUT2D eigenvalue weighted by Crippen LogP contribution is 2.16. The van der Waals surface area contributed by atoms with E-state index in [4.69, 9.17) is 14.2 Å². The summed E-state index contributed by atoms with van der Waals surface area (Å²) in [5.74, 6) is -0.389. The van der Waals surface area contributed by atoms with E-state index in [1.165, 1.54) is 231 Å². The van der Waals surface area contributed by atoms with Crippen LogP contribution in [-0.2, 0) is 23.8 Å². The molecule has 0 radical (unpaired) electrons. The Bertz CT molecular complexity index is 974. The standard InChI is InChI=1S/C59H112O5/c1-4-7-10-13-16-19-22-25-28-29-30-31-33-34-37-40-43-46-49-52-58(60)63-56-57(55-62-54-51-48-45-42-39-36-27-24-21-18-15-12-9-6-3)64-59(61)53-50-47-44-41-38-35-32-26-23-20-17-14-11-8-5-2/h21,24,26,32,57H,4-20,22-23,25,27-31,33-56H2,1-3H3/b24-21-,32-26-. The fourth-order valence-corrected chi connectivity index (χ4v) is 8.62. The minimum Gasteiger partial charge on any atom is -0.462 e. The van der Waals surface area contributed by atoms with E-state index in [2.05, 4.69) is 45.1 Å². The van der Waals surface area contributed by atoms with E-state index in [9.17, 15) is 9.59 Å². The molecule has 0 fully saturated rings. The predicted octanol–water partition coefficient (Wildman–Crippen LogP) is 19.6. The molecule has 64 heavy (non-hydrogen) atoms. The molecule has 5 nitrogen and oxygen atoms in total. The third kappa shape index (κ3) is 53.0. The van der Waals surface area contributed by atoms with Gasteiger partial charge in [-0.05, 0) is 70.6 Å². The largest absolute Gasteiger partial charge is 0.462 e. The second-order valence-corrected chi connectivity index (χ2v) is 19.5. The Morgan fingerprint density at radius 3 is 0.969 bits per heavy atom. The van der Waals surface area contributed by atoms with Crippen molar-refractivity contribution in [3.05, 3.63) is 24.3 Å². The van der Waals surface area contributed by atoms with Gasteiger partial charge in [0.05, 0.1) is 6.61 Å². The van der Waals surface area contributed by atoms with Gasteiger partial charge in [-0.25, -0.2) is 0 Å². The number of hydrogen-bond donors (Lipinski definition) is 0. The fraction of sp³-hybridized carbons (Fsp3) is 0.898. The number of ether oxygens (including phenoxy) is 3. The average molecular weight is 902 g/mol. The number of esters is 2. The molecule has 5 heteroatoms. The Kier molecular flexibility index (Phi) is 54.3. The summed E-state index contributed by atoms with van der Waals surface area (Å²) < 4.78 is 17.5. The third-order valence-corrected chi connectivity index (χ3v) is 13.0. The molecule has 0 saturated heterocycles. The van der Waals surface area contributed by atoms with Gasteiger partial charge in [0, 0.05) is 19.4 Å². The summed E-state index contributed by atoms with van der Waals surface area (Å²) in [5.41, 5.74) is 0. The normalized spacial score (nSPS) is 12.2. The van der Waals surface area contributed by atoms with Gasteiger partial charge >= 0.3 is 11.9 Å². The van der Waals surface area contributed by atoms with Crippen LogP contribution in [0.1, 0.15) is 316 Å². The van der Waals surface area contributed by atoms with Crippen LogP contribution < -0.4 is 0 Å². The molecule has 0 aliphatic carbocycles. The lowest BCUT2D eigenvalue weighted by Gasteiger charge is -2.18. The van der Waals surface area contributed by atoms with E-state index in [0.29, 0.717) is 19.4 Å². The molecule has 0 aromatic carbocycles. The molecule has 0 saturated carbocycles. The second-order valence-electron chi connectivity index (χ2n) is 19.5. The molecule has 0 spiro atoms. The average Bonchev–Trinajstić information content (AvgIpc) is 3.30. The number of carbonyl (C=O) groups excluding carboxylic acids is 2. The molecule has 0 heterocycles. The Labute approximate surface area is 400 Å². The Hall–Kier alpha value is -1.62. The van der Waals surface area contributed by atoms with Gasteiger partial charge in [-0.3, -0.25) is 9.59 Å². The number of allylic oxidation sites excluding steroid dienone is 4. The maximum atomic E-state index is 12.8. The Balaban J connectivity index is 4.21. The van der Waals surface area contributed by atoms with E-state index in [0.717, 1.165) is 51.4 Å². The van der Waals surface area contributed by atoms with Crippen LogP contribution in [0.3, 0.4) is 0 Å². The van der Waals surface area contributed by atoms with E-state index >= 15 is 0 Å². The van der Waals surface area contributed by atoms with Crippen LogP contribution in [0, 0.1) is 0 Å². The highest BCUT2D eigenvalue weighted by atomic mass is 16.6. The number of hydrogen-bond acceptors (Lipinski definition) is 5. The van der Waals surface area contributed by atoms with Crippen molar-refractivity contribution in [1.82, 2.24) is 0 Å². The van der Waals surface area contributed by atoms with Gasteiger partial charge in [0.25, 0.3) is 0 Å². The number of carbonyl (C=O) groups is 2. The summed E-state index contributed by atoms with van der Waals surface area (Å²) in [6.45, 7) is 7.85. The quantitative estimate of drug-likeness (QED) is 0.0346. The molecule has 0 aromatic heterocycles. The lowest BCUT2D eigenvalue weighted by atomic mass is 10.0. The fourth-order valence-electron chi connectivity index (χ4n) is 8.62. The maximum Gasteiger partial charge on any atom is 0.306 e. The lowest BCUT2D eigenvalue weighted by Crippen LogP contribution is -2.30. The summed E-state index contributed by atoms with van der Waals surface area (Å²) in [6.07, 6.45) is 66.2. The molecule has 0 aromatic rings. The first-order valence-electron chi connectivity index (χ1n) is 28.9. The van der Waals surface area contributed by atoms with Crippen LogP contribution in [0.15, 0.2) is 24.3 Å². The van der Waals surface area contributed by atoms with Gasteiger partial charge in [0.2, 0.25) is 0 Å². The van der Waals surface area contributed by atoms with Crippen LogP contribution >= 0.6 is 0 Å². The highest BCUT2D eigenvalue weighted by Gasteiger charge is 2.17. The Morgan fingerprint density at radius 1 is 0.328 bits per heavy atom. The topological polar surface area (TPSA) is 61.8 Å². The van der Waals surface area contributed by atoms with Crippen molar-refractivity contribution in [2.75, 3.05) is 19.8 Å². The van der Waals surface area contributed by atoms with Gasteiger partial charge < -0.3 is 14.2 Å². The zero-order valence-corrected chi connectivity index (χ0v) is 43.6. The molecule has 0 amide bonds. The first-order valence-corrected chi connectivity index (χ1v) is 28.9. The van der Waals surface area contributed by atoms with Crippen molar-refractivity contribution in [2.24, 2.45) is 0 Å². The minimum absolute atomic E-state index is 0.0866. The molecular formula is C59H112O5. The summed E-state index contributed by atoms with van der Waals surface area (Å²) in [7, 11) is 0. The zero-order chi connectivity index (χ0) is 46.3.